The predicted octanol–water partition coefficient (Wildman–Crippen LogP) is 3.45. The Balaban J connectivity index is 1.61. The van der Waals surface area contributed by atoms with Crippen molar-refractivity contribution in [3.63, 3.8) is 0 Å². The van der Waals surface area contributed by atoms with Gasteiger partial charge in [0, 0.05) is 6.54 Å². The Morgan fingerprint density at radius 2 is 1.68 bits per heavy atom. The average Bonchev–Trinajstić information content (AvgIpc) is 2.55. The van der Waals surface area contributed by atoms with Gasteiger partial charge in [-0.25, -0.2) is 0 Å². The number of nitrogens with one attached hydrogen (secondary N) is 1. The molecule has 2 aromatic carbocycles. The number of para-hydroxylation sites is 1. The van der Waals surface area contributed by atoms with E-state index in [2.05, 4.69) is 24.4 Å². The molecular formula is C19H23NO2. The van der Waals surface area contributed by atoms with Gasteiger partial charge >= 0.3 is 0 Å². The molecule has 2 aromatic rings. The highest BCUT2D eigenvalue weighted by Gasteiger charge is 2.07. The summed E-state index contributed by atoms with van der Waals surface area (Å²) in [6.45, 7) is 3.25. The van der Waals surface area contributed by atoms with Gasteiger partial charge in [-0.15, -0.1) is 0 Å². The Kier molecular flexibility index (Phi) is 6.49. The number of carbonyl (C=O) groups excluding carboxylic acids is 1. The van der Waals surface area contributed by atoms with E-state index >= 15 is 0 Å². The standard InChI is InChI=1S/C19H23NO2/c1-16(14-17-8-4-2-5-9-17)15-20-19(21)12-13-22-18-10-6-3-7-11-18/h2-11,16H,12-15H2,1H3,(H,20,21). The fourth-order valence-corrected chi connectivity index (χ4v) is 2.24. The van der Waals surface area contributed by atoms with Gasteiger partial charge in [0.15, 0.2) is 0 Å². The van der Waals surface area contributed by atoms with Crippen LogP contribution in [0.4, 0.5) is 0 Å². The van der Waals surface area contributed by atoms with Crippen LogP contribution in [0.3, 0.4) is 0 Å². The molecule has 1 N–H and O–H groups in total. The van der Waals surface area contributed by atoms with E-state index < -0.39 is 0 Å². The molecule has 22 heavy (non-hydrogen) atoms. The lowest BCUT2D eigenvalue weighted by Gasteiger charge is -2.13. The van der Waals surface area contributed by atoms with E-state index in [1.165, 1.54) is 5.56 Å². The van der Waals surface area contributed by atoms with Crippen molar-refractivity contribution in [1.29, 1.82) is 0 Å². The van der Waals surface area contributed by atoms with E-state index in [1.54, 1.807) is 0 Å². The normalized spacial score (nSPS) is 11.7. The number of amides is 1. The lowest BCUT2D eigenvalue weighted by Crippen LogP contribution is -2.30. The van der Waals surface area contributed by atoms with Gasteiger partial charge in [-0.05, 0) is 30.0 Å². The van der Waals surface area contributed by atoms with Crippen LogP contribution in [0.5, 0.6) is 5.75 Å². The molecule has 0 spiro atoms. The fraction of sp³-hybridized carbons (Fsp3) is 0.316. The summed E-state index contributed by atoms with van der Waals surface area (Å²) in [4.78, 5) is 11.8. The zero-order valence-electron chi connectivity index (χ0n) is 13.0. The van der Waals surface area contributed by atoms with Crippen LogP contribution >= 0.6 is 0 Å². The topological polar surface area (TPSA) is 38.3 Å². The molecule has 0 fully saturated rings. The Labute approximate surface area is 132 Å². The van der Waals surface area contributed by atoms with Crippen LogP contribution in [0.25, 0.3) is 0 Å². The van der Waals surface area contributed by atoms with Gasteiger partial charge in [0.2, 0.25) is 5.91 Å². The van der Waals surface area contributed by atoms with Crippen molar-refractivity contribution in [2.24, 2.45) is 5.92 Å². The molecule has 0 heterocycles. The van der Waals surface area contributed by atoms with Crippen molar-refractivity contribution in [3.05, 3.63) is 66.2 Å². The zero-order chi connectivity index (χ0) is 15.6. The molecule has 0 saturated carbocycles. The van der Waals surface area contributed by atoms with E-state index in [4.69, 9.17) is 4.74 Å². The first-order chi connectivity index (χ1) is 10.7. The quantitative estimate of drug-likeness (QED) is 0.810. The maximum Gasteiger partial charge on any atom is 0.223 e. The second-order valence-corrected chi connectivity index (χ2v) is 5.51. The highest BCUT2D eigenvalue weighted by Crippen LogP contribution is 2.09. The minimum absolute atomic E-state index is 0.0378. The summed E-state index contributed by atoms with van der Waals surface area (Å²) in [5.74, 6) is 1.25. The highest BCUT2D eigenvalue weighted by atomic mass is 16.5. The lowest BCUT2D eigenvalue weighted by atomic mass is 10.0. The molecule has 116 valence electrons. The van der Waals surface area contributed by atoms with Crippen molar-refractivity contribution in [3.8, 4) is 5.75 Å². The average molecular weight is 297 g/mol. The van der Waals surface area contributed by atoms with E-state index in [0.29, 0.717) is 25.5 Å². The Hall–Kier alpha value is -2.29. The third-order valence-corrected chi connectivity index (χ3v) is 3.42. The summed E-state index contributed by atoms with van der Waals surface area (Å²) in [7, 11) is 0. The molecular weight excluding hydrogens is 274 g/mol. The van der Waals surface area contributed by atoms with Crippen molar-refractivity contribution in [1.82, 2.24) is 5.32 Å². The monoisotopic (exact) mass is 297 g/mol. The number of hydrogen-bond donors (Lipinski definition) is 1. The first kappa shape index (κ1) is 16.1. The molecule has 0 radical (unpaired) electrons. The van der Waals surface area contributed by atoms with Crippen molar-refractivity contribution in [2.75, 3.05) is 13.2 Å². The van der Waals surface area contributed by atoms with Gasteiger partial charge in [0.05, 0.1) is 13.0 Å². The molecule has 3 heteroatoms. The molecule has 1 unspecified atom stereocenters. The van der Waals surface area contributed by atoms with E-state index in [-0.39, 0.29) is 5.91 Å². The number of carbonyl (C=O) groups is 1. The van der Waals surface area contributed by atoms with Gasteiger partial charge in [-0.3, -0.25) is 4.79 Å². The molecule has 0 aromatic heterocycles. The largest absolute Gasteiger partial charge is 0.493 e. The Bertz CT molecular complexity index is 554. The van der Waals surface area contributed by atoms with Crippen LogP contribution < -0.4 is 10.1 Å². The third-order valence-electron chi connectivity index (χ3n) is 3.42. The summed E-state index contributed by atoms with van der Waals surface area (Å²) in [5, 5.41) is 2.97. The molecule has 0 aliphatic heterocycles. The molecule has 0 saturated heterocycles. The predicted molar refractivity (Wildman–Crippen MR) is 88.9 cm³/mol. The highest BCUT2D eigenvalue weighted by molar-refractivity contribution is 5.75. The van der Waals surface area contributed by atoms with Gasteiger partial charge in [-0.1, -0.05) is 55.5 Å². The SMILES string of the molecule is CC(CNC(=O)CCOc1ccccc1)Cc1ccccc1. The van der Waals surface area contributed by atoms with Crippen molar-refractivity contribution >= 4 is 5.91 Å². The van der Waals surface area contributed by atoms with Crippen LogP contribution in [0.2, 0.25) is 0 Å². The zero-order valence-corrected chi connectivity index (χ0v) is 13.0. The van der Waals surface area contributed by atoms with Crippen molar-refractivity contribution < 1.29 is 9.53 Å². The Morgan fingerprint density at radius 1 is 1.05 bits per heavy atom. The molecule has 1 amide bonds. The van der Waals surface area contributed by atoms with Gasteiger partial charge in [0.1, 0.15) is 5.75 Å². The number of benzene rings is 2. The maximum atomic E-state index is 11.8. The molecule has 3 nitrogen and oxygen atoms in total. The van der Waals surface area contributed by atoms with Crippen LogP contribution in [0, 0.1) is 5.92 Å². The molecule has 2 rings (SSSR count). The van der Waals surface area contributed by atoms with Crippen LogP contribution in [0.15, 0.2) is 60.7 Å². The smallest absolute Gasteiger partial charge is 0.223 e. The fourth-order valence-electron chi connectivity index (χ4n) is 2.24. The minimum Gasteiger partial charge on any atom is -0.493 e. The van der Waals surface area contributed by atoms with Crippen LogP contribution in [0.1, 0.15) is 18.9 Å². The number of hydrogen-bond acceptors (Lipinski definition) is 2. The first-order valence-electron chi connectivity index (χ1n) is 7.72. The van der Waals surface area contributed by atoms with E-state index in [0.717, 1.165) is 12.2 Å². The van der Waals surface area contributed by atoms with Crippen molar-refractivity contribution in [2.45, 2.75) is 19.8 Å². The van der Waals surface area contributed by atoms with E-state index in [9.17, 15) is 4.79 Å². The Morgan fingerprint density at radius 3 is 2.36 bits per heavy atom. The second kappa shape index (κ2) is 8.88. The second-order valence-electron chi connectivity index (χ2n) is 5.51. The summed E-state index contributed by atoms with van der Waals surface area (Å²) in [6.07, 6.45) is 1.36. The molecule has 0 aliphatic rings. The van der Waals surface area contributed by atoms with Crippen LogP contribution in [-0.2, 0) is 11.2 Å². The number of rotatable bonds is 8. The van der Waals surface area contributed by atoms with Gasteiger partial charge in [-0.2, -0.15) is 0 Å². The van der Waals surface area contributed by atoms with Gasteiger partial charge < -0.3 is 10.1 Å². The first-order valence-corrected chi connectivity index (χ1v) is 7.72. The molecule has 1 atom stereocenters. The summed E-state index contributed by atoms with van der Waals surface area (Å²) >= 11 is 0. The minimum atomic E-state index is 0.0378. The summed E-state index contributed by atoms with van der Waals surface area (Å²) < 4.78 is 5.52. The summed E-state index contributed by atoms with van der Waals surface area (Å²) in [5.41, 5.74) is 1.30. The third kappa shape index (κ3) is 6.00. The number of ether oxygens (including phenoxy) is 1. The maximum absolute atomic E-state index is 11.8. The van der Waals surface area contributed by atoms with Gasteiger partial charge in [0.25, 0.3) is 0 Å². The molecule has 0 aliphatic carbocycles. The molecule has 0 bridgehead atoms. The lowest BCUT2D eigenvalue weighted by molar-refractivity contribution is -0.121. The van der Waals surface area contributed by atoms with Crippen LogP contribution in [-0.4, -0.2) is 19.1 Å². The summed E-state index contributed by atoms with van der Waals surface area (Å²) in [6, 6.07) is 19.9. The van der Waals surface area contributed by atoms with E-state index in [1.807, 2.05) is 48.5 Å².